The van der Waals surface area contributed by atoms with Crippen LogP contribution < -0.4 is 0 Å². The lowest BCUT2D eigenvalue weighted by Gasteiger charge is -2.54. The molecule has 3 nitrogen and oxygen atoms in total. The molecule has 5 atom stereocenters. The average molecular weight is 222 g/mol. The Hall–Kier alpha value is -0.380. The minimum Gasteiger partial charge on any atom is -0.378 e. The number of hydrogen-bond donors (Lipinski definition) is 0. The van der Waals surface area contributed by atoms with E-state index in [4.69, 9.17) is 14.2 Å². The van der Waals surface area contributed by atoms with Crippen molar-refractivity contribution in [1.82, 2.24) is 0 Å². The highest BCUT2D eigenvalue weighted by atomic mass is 16.8. The molecule has 16 heavy (non-hydrogen) atoms. The second-order valence-corrected chi connectivity index (χ2v) is 6.08. The van der Waals surface area contributed by atoms with Gasteiger partial charge >= 0.3 is 0 Å². The third kappa shape index (κ3) is 0.998. The van der Waals surface area contributed by atoms with Crippen LogP contribution >= 0.6 is 0 Å². The molecule has 1 saturated carbocycles. The van der Waals surface area contributed by atoms with Crippen LogP contribution in [0.2, 0.25) is 0 Å². The lowest BCUT2D eigenvalue weighted by Crippen LogP contribution is -2.64. The third-order valence-corrected chi connectivity index (χ3v) is 4.59. The molecule has 88 valence electrons. The van der Waals surface area contributed by atoms with Gasteiger partial charge in [0.2, 0.25) is 0 Å². The first-order valence-corrected chi connectivity index (χ1v) is 6.25. The summed E-state index contributed by atoms with van der Waals surface area (Å²) in [7, 11) is 0. The first-order chi connectivity index (χ1) is 7.61. The van der Waals surface area contributed by atoms with Gasteiger partial charge in [-0.2, -0.15) is 0 Å². The van der Waals surface area contributed by atoms with E-state index in [1.165, 1.54) is 6.42 Å². The highest BCUT2D eigenvalue weighted by Crippen LogP contribution is 2.57. The number of rotatable bonds is 0. The molecule has 0 radical (unpaired) electrons. The highest BCUT2D eigenvalue weighted by Gasteiger charge is 2.66. The van der Waals surface area contributed by atoms with E-state index in [-0.39, 0.29) is 11.7 Å². The molecule has 5 aliphatic rings. The fraction of sp³-hybridized carbons (Fsp3) is 0.846. The van der Waals surface area contributed by atoms with Gasteiger partial charge in [-0.3, -0.25) is 0 Å². The minimum absolute atomic E-state index is 0.190. The molecule has 0 aromatic heterocycles. The molecule has 2 heterocycles. The van der Waals surface area contributed by atoms with Crippen LogP contribution in [0.1, 0.15) is 20.3 Å². The summed E-state index contributed by atoms with van der Waals surface area (Å²) in [5, 5.41) is 0. The quantitative estimate of drug-likeness (QED) is 0.584. The monoisotopic (exact) mass is 222 g/mol. The second kappa shape index (κ2) is 2.71. The molecule has 5 rings (SSSR count). The van der Waals surface area contributed by atoms with E-state index < -0.39 is 5.79 Å². The van der Waals surface area contributed by atoms with E-state index in [1.807, 2.05) is 13.8 Å². The summed E-state index contributed by atoms with van der Waals surface area (Å²) in [6, 6.07) is 0. The Labute approximate surface area is 95.7 Å². The summed E-state index contributed by atoms with van der Waals surface area (Å²) in [5.74, 6) is 1.21. The van der Waals surface area contributed by atoms with Crippen molar-refractivity contribution in [3.63, 3.8) is 0 Å². The number of hydrogen-bond acceptors (Lipinski definition) is 3. The Bertz CT molecular complexity index is 362. The van der Waals surface area contributed by atoms with E-state index in [2.05, 4.69) is 12.2 Å². The van der Waals surface area contributed by atoms with Gasteiger partial charge in [-0.1, -0.05) is 12.2 Å². The fourth-order valence-corrected chi connectivity index (χ4v) is 4.18. The van der Waals surface area contributed by atoms with Gasteiger partial charge in [0.1, 0.15) is 5.60 Å². The number of ether oxygens (including phenoxy) is 3. The lowest BCUT2D eigenvalue weighted by molar-refractivity contribution is -0.214. The van der Waals surface area contributed by atoms with E-state index in [0.29, 0.717) is 24.4 Å². The Balaban J connectivity index is 1.83. The van der Waals surface area contributed by atoms with Gasteiger partial charge in [0.25, 0.3) is 0 Å². The van der Waals surface area contributed by atoms with Crippen molar-refractivity contribution in [1.29, 1.82) is 0 Å². The lowest BCUT2D eigenvalue weighted by atomic mass is 9.58. The van der Waals surface area contributed by atoms with E-state index in [0.717, 1.165) is 6.61 Å². The van der Waals surface area contributed by atoms with Crippen molar-refractivity contribution in [3.05, 3.63) is 12.2 Å². The molecule has 2 saturated heterocycles. The van der Waals surface area contributed by atoms with Gasteiger partial charge < -0.3 is 14.2 Å². The SMILES string of the molecule is CC1(C)O[C@@H]2[C@@H]3C=C[C@H]4C(COC[C@@]24O1)C3. The molecule has 1 unspecified atom stereocenters. The van der Waals surface area contributed by atoms with Crippen LogP contribution in [-0.4, -0.2) is 30.7 Å². The molecule has 3 fully saturated rings. The predicted octanol–water partition coefficient (Wildman–Crippen LogP) is 1.73. The summed E-state index contributed by atoms with van der Waals surface area (Å²) in [6.45, 7) is 5.62. The maximum Gasteiger partial charge on any atom is 0.164 e. The van der Waals surface area contributed by atoms with Gasteiger partial charge in [0.05, 0.1) is 19.3 Å². The largest absolute Gasteiger partial charge is 0.378 e. The zero-order valence-electron chi connectivity index (χ0n) is 9.81. The van der Waals surface area contributed by atoms with E-state index >= 15 is 0 Å². The molecule has 3 aliphatic carbocycles. The topological polar surface area (TPSA) is 27.7 Å². The van der Waals surface area contributed by atoms with Gasteiger partial charge in [0.15, 0.2) is 5.79 Å². The van der Waals surface area contributed by atoms with Crippen molar-refractivity contribution in [2.24, 2.45) is 17.8 Å². The van der Waals surface area contributed by atoms with Gasteiger partial charge in [-0.15, -0.1) is 0 Å². The molecule has 0 aromatic carbocycles. The Morgan fingerprint density at radius 1 is 1.25 bits per heavy atom. The average Bonchev–Trinajstić information content (AvgIpc) is 2.51. The fourth-order valence-electron chi connectivity index (χ4n) is 4.18. The first kappa shape index (κ1) is 9.63. The zero-order chi connectivity index (χ0) is 11.0. The van der Waals surface area contributed by atoms with Crippen molar-refractivity contribution in [2.45, 2.75) is 37.8 Å². The van der Waals surface area contributed by atoms with Crippen molar-refractivity contribution >= 4 is 0 Å². The molecule has 0 amide bonds. The highest BCUT2D eigenvalue weighted by molar-refractivity contribution is 5.23. The molecule has 2 aliphatic heterocycles. The maximum absolute atomic E-state index is 6.25. The van der Waals surface area contributed by atoms with Crippen LogP contribution in [0, 0.1) is 17.8 Å². The summed E-state index contributed by atoms with van der Waals surface area (Å²) in [6.07, 6.45) is 6.09. The normalized spacial score (nSPS) is 56.4. The predicted molar refractivity (Wildman–Crippen MR) is 57.8 cm³/mol. The molecular weight excluding hydrogens is 204 g/mol. The standard InChI is InChI=1S/C13H18O3/c1-12(2)15-11-8-3-4-10-9(5-8)6-14-7-13(10,11)16-12/h3-4,8-11H,5-7H2,1-2H3/t8-,9?,10+,11-,13+/m1/s1. The smallest absolute Gasteiger partial charge is 0.164 e. The van der Waals surface area contributed by atoms with Crippen LogP contribution in [0.15, 0.2) is 12.2 Å². The molecule has 0 aromatic rings. The Morgan fingerprint density at radius 2 is 2.12 bits per heavy atom. The van der Waals surface area contributed by atoms with Gasteiger partial charge in [-0.25, -0.2) is 0 Å². The summed E-state index contributed by atoms with van der Waals surface area (Å²) in [5.41, 5.74) is -0.190. The third-order valence-electron chi connectivity index (χ3n) is 4.59. The summed E-state index contributed by atoms with van der Waals surface area (Å²) < 4.78 is 18.1. The van der Waals surface area contributed by atoms with E-state index in [1.54, 1.807) is 0 Å². The van der Waals surface area contributed by atoms with Crippen LogP contribution in [0.3, 0.4) is 0 Å². The first-order valence-electron chi connectivity index (χ1n) is 6.25. The maximum atomic E-state index is 6.25. The van der Waals surface area contributed by atoms with Crippen molar-refractivity contribution < 1.29 is 14.2 Å². The zero-order valence-corrected chi connectivity index (χ0v) is 9.81. The van der Waals surface area contributed by atoms with E-state index in [9.17, 15) is 0 Å². The van der Waals surface area contributed by atoms with Crippen LogP contribution in [0.4, 0.5) is 0 Å². The van der Waals surface area contributed by atoms with Crippen molar-refractivity contribution in [3.8, 4) is 0 Å². The van der Waals surface area contributed by atoms with Crippen LogP contribution in [0.5, 0.6) is 0 Å². The molecule has 3 heteroatoms. The Kier molecular flexibility index (Phi) is 1.63. The van der Waals surface area contributed by atoms with Gasteiger partial charge in [-0.05, 0) is 26.2 Å². The van der Waals surface area contributed by atoms with Crippen LogP contribution in [0.25, 0.3) is 0 Å². The van der Waals surface area contributed by atoms with Gasteiger partial charge in [0, 0.05) is 11.8 Å². The molecule has 1 spiro atoms. The van der Waals surface area contributed by atoms with Crippen LogP contribution in [-0.2, 0) is 14.2 Å². The Morgan fingerprint density at radius 3 is 3.00 bits per heavy atom. The molecular formula is C13H18O3. The molecule has 4 bridgehead atoms. The summed E-state index contributed by atoms with van der Waals surface area (Å²) in [4.78, 5) is 0. The minimum atomic E-state index is -0.456. The summed E-state index contributed by atoms with van der Waals surface area (Å²) >= 11 is 0. The second-order valence-electron chi connectivity index (χ2n) is 6.08. The van der Waals surface area contributed by atoms with Crippen molar-refractivity contribution in [2.75, 3.05) is 13.2 Å². The molecule has 0 N–H and O–H groups in total.